The van der Waals surface area contributed by atoms with Gasteiger partial charge in [-0.25, -0.2) is 13.6 Å². The normalized spacial score (nSPS) is 25.3. The summed E-state index contributed by atoms with van der Waals surface area (Å²) >= 11 is 0. The molecular formula is C27H29F2N3O2. The molecule has 0 bridgehead atoms. The first-order valence-corrected chi connectivity index (χ1v) is 12.4. The van der Waals surface area contributed by atoms with Crippen molar-refractivity contribution in [2.45, 2.75) is 55.9 Å². The maximum absolute atomic E-state index is 13.9. The Morgan fingerprint density at radius 1 is 0.853 bits per heavy atom. The Morgan fingerprint density at radius 3 is 2.41 bits per heavy atom. The number of nitrogens with one attached hydrogen (secondary N) is 1. The lowest BCUT2D eigenvalue weighted by molar-refractivity contribution is -0.131. The molecule has 178 valence electrons. The number of rotatable bonds is 4. The van der Waals surface area contributed by atoms with E-state index in [0.717, 1.165) is 44.6 Å². The monoisotopic (exact) mass is 465 g/mol. The van der Waals surface area contributed by atoms with Gasteiger partial charge in [0, 0.05) is 6.54 Å². The van der Waals surface area contributed by atoms with Crippen LogP contribution >= 0.6 is 0 Å². The van der Waals surface area contributed by atoms with E-state index in [1.54, 1.807) is 0 Å². The Hall–Kier alpha value is -2.80. The fourth-order valence-corrected chi connectivity index (χ4v) is 6.77. The molecule has 1 atom stereocenters. The van der Waals surface area contributed by atoms with Gasteiger partial charge in [-0.3, -0.25) is 9.69 Å². The van der Waals surface area contributed by atoms with Crippen LogP contribution < -0.4 is 5.32 Å². The number of urea groups is 1. The molecule has 7 heteroatoms. The zero-order valence-corrected chi connectivity index (χ0v) is 19.2. The Labute approximate surface area is 198 Å². The number of carbonyl (C=O) groups excluding carboxylic acids is 2. The number of fused-ring (bicyclic) bond motifs is 4. The number of benzene rings is 2. The smallest absolute Gasteiger partial charge is 0.319 e. The molecule has 2 aromatic rings. The van der Waals surface area contributed by atoms with Gasteiger partial charge in [0.05, 0.1) is 0 Å². The van der Waals surface area contributed by atoms with E-state index < -0.39 is 23.2 Å². The van der Waals surface area contributed by atoms with E-state index >= 15 is 0 Å². The molecule has 6 rings (SSSR count). The fraction of sp³-hybridized carbons (Fsp3) is 0.481. The summed E-state index contributed by atoms with van der Waals surface area (Å²) in [5.74, 6) is -2.26. The molecule has 2 saturated heterocycles. The third-order valence-electron chi connectivity index (χ3n) is 8.68. The van der Waals surface area contributed by atoms with Crippen LogP contribution in [0.5, 0.6) is 0 Å². The predicted octanol–water partition coefficient (Wildman–Crippen LogP) is 4.03. The number of aryl methyl sites for hydroxylation is 2. The molecule has 2 fully saturated rings. The summed E-state index contributed by atoms with van der Waals surface area (Å²) in [7, 11) is 0. The summed E-state index contributed by atoms with van der Waals surface area (Å²) in [4.78, 5) is 29.7. The van der Waals surface area contributed by atoms with E-state index in [2.05, 4.69) is 34.5 Å². The van der Waals surface area contributed by atoms with Gasteiger partial charge in [-0.15, -0.1) is 0 Å². The van der Waals surface area contributed by atoms with Gasteiger partial charge in [-0.05, 0) is 104 Å². The number of hydrogen-bond donors (Lipinski definition) is 1. The molecule has 2 spiro atoms. The summed E-state index contributed by atoms with van der Waals surface area (Å²) in [5, 5.41) is 2.80. The second-order valence-corrected chi connectivity index (χ2v) is 10.3. The van der Waals surface area contributed by atoms with E-state index in [1.165, 1.54) is 28.9 Å². The topological polar surface area (TPSA) is 52.7 Å². The highest BCUT2D eigenvalue weighted by molar-refractivity contribution is 6.08. The number of imide groups is 1. The van der Waals surface area contributed by atoms with E-state index in [1.807, 2.05) is 0 Å². The maximum atomic E-state index is 13.9. The Balaban J connectivity index is 1.07. The van der Waals surface area contributed by atoms with Gasteiger partial charge < -0.3 is 10.2 Å². The maximum Gasteiger partial charge on any atom is 0.325 e. The second-order valence-electron chi connectivity index (χ2n) is 10.3. The number of nitrogens with zero attached hydrogens (tertiary/aromatic N) is 2. The molecule has 2 aliphatic carbocycles. The van der Waals surface area contributed by atoms with Crippen LogP contribution in [0.2, 0.25) is 0 Å². The molecule has 2 aliphatic heterocycles. The molecule has 34 heavy (non-hydrogen) atoms. The first-order valence-electron chi connectivity index (χ1n) is 12.4. The summed E-state index contributed by atoms with van der Waals surface area (Å²) in [6.45, 7) is 3.21. The molecule has 3 amide bonds. The minimum atomic E-state index is -1.26. The van der Waals surface area contributed by atoms with Crippen LogP contribution in [0.1, 0.15) is 54.4 Å². The average Bonchev–Trinajstić information content (AvgIpc) is 3.45. The minimum absolute atomic E-state index is 0.314. The van der Waals surface area contributed by atoms with Gasteiger partial charge in [-0.2, -0.15) is 0 Å². The first kappa shape index (κ1) is 21.7. The van der Waals surface area contributed by atoms with Crippen LogP contribution in [0.4, 0.5) is 13.6 Å². The van der Waals surface area contributed by atoms with E-state index in [9.17, 15) is 18.4 Å². The van der Waals surface area contributed by atoms with Crippen molar-refractivity contribution in [3.8, 4) is 0 Å². The molecule has 0 aromatic heterocycles. The van der Waals surface area contributed by atoms with Crippen molar-refractivity contribution < 1.29 is 18.4 Å². The third-order valence-corrected chi connectivity index (χ3v) is 8.68. The van der Waals surface area contributed by atoms with Gasteiger partial charge in [0.1, 0.15) is 5.54 Å². The van der Waals surface area contributed by atoms with Gasteiger partial charge >= 0.3 is 6.03 Å². The second kappa shape index (κ2) is 7.87. The summed E-state index contributed by atoms with van der Waals surface area (Å²) in [6, 6.07) is 10.6. The summed E-state index contributed by atoms with van der Waals surface area (Å²) in [6.07, 6.45) is 6.17. The molecule has 0 radical (unpaired) electrons. The zero-order chi connectivity index (χ0) is 23.5. The number of carbonyl (C=O) groups is 2. The van der Waals surface area contributed by atoms with Crippen molar-refractivity contribution >= 4 is 11.9 Å². The van der Waals surface area contributed by atoms with Crippen LogP contribution in [-0.2, 0) is 28.6 Å². The molecule has 2 heterocycles. The van der Waals surface area contributed by atoms with Crippen LogP contribution in [-0.4, -0.2) is 47.9 Å². The molecule has 4 aliphatic rings. The Morgan fingerprint density at radius 2 is 1.59 bits per heavy atom. The average molecular weight is 466 g/mol. The van der Waals surface area contributed by atoms with Crippen molar-refractivity contribution in [3.63, 3.8) is 0 Å². The van der Waals surface area contributed by atoms with Crippen molar-refractivity contribution in [2.24, 2.45) is 0 Å². The zero-order valence-electron chi connectivity index (χ0n) is 19.2. The molecule has 1 unspecified atom stereocenters. The largest absolute Gasteiger partial charge is 0.325 e. The van der Waals surface area contributed by atoms with Crippen molar-refractivity contribution in [1.29, 1.82) is 0 Å². The van der Waals surface area contributed by atoms with Gasteiger partial charge in [0.2, 0.25) is 0 Å². The SMILES string of the molecule is O=C1NC2(CCc3cc(F)c(F)cc32)C(=O)N1CCCN1CCC2(CCc3ccccc32)CC1. The van der Waals surface area contributed by atoms with E-state index in [-0.39, 0.29) is 5.91 Å². The van der Waals surface area contributed by atoms with Crippen LogP contribution in [0.3, 0.4) is 0 Å². The number of piperidine rings is 1. The number of halogens is 2. The quantitative estimate of drug-likeness (QED) is 0.694. The van der Waals surface area contributed by atoms with Crippen LogP contribution in [0.25, 0.3) is 0 Å². The van der Waals surface area contributed by atoms with Crippen LogP contribution in [0.15, 0.2) is 36.4 Å². The van der Waals surface area contributed by atoms with Gasteiger partial charge in [0.25, 0.3) is 5.91 Å². The number of likely N-dealkylation sites (tertiary alicyclic amines) is 1. The molecule has 1 N–H and O–H groups in total. The summed E-state index contributed by atoms with van der Waals surface area (Å²) < 4.78 is 27.6. The highest BCUT2D eigenvalue weighted by Gasteiger charge is 2.55. The highest BCUT2D eigenvalue weighted by Crippen LogP contribution is 2.46. The fourth-order valence-electron chi connectivity index (χ4n) is 6.77. The third kappa shape index (κ3) is 3.20. The molecule has 5 nitrogen and oxygen atoms in total. The lowest BCUT2D eigenvalue weighted by atomic mass is 9.74. The van der Waals surface area contributed by atoms with Gasteiger partial charge in [-0.1, -0.05) is 24.3 Å². The first-order chi connectivity index (χ1) is 16.4. The molecule has 2 aromatic carbocycles. The molecular weight excluding hydrogens is 436 g/mol. The van der Waals surface area contributed by atoms with Crippen molar-refractivity contribution in [3.05, 3.63) is 70.3 Å². The van der Waals surface area contributed by atoms with Crippen LogP contribution in [0, 0.1) is 11.6 Å². The minimum Gasteiger partial charge on any atom is -0.319 e. The van der Waals surface area contributed by atoms with E-state index in [0.29, 0.717) is 42.3 Å². The van der Waals surface area contributed by atoms with E-state index in [4.69, 9.17) is 0 Å². The molecule has 0 saturated carbocycles. The summed E-state index contributed by atoms with van der Waals surface area (Å²) in [5.41, 5.74) is 3.07. The van der Waals surface area contributed by atoms with Gasteiger partial charge in [0.15, 0.2) is 11.6 Å². The Kier molecular flexibility index (Phi) is 5.03. The highest BCUT2D eigenvalue weighted by atomic mass is 19.2. The van der Waals surface area contributed by atoms with Crippen molar-refractivity contribution in [2.75, 3.05) is 26.2 Å². The number of amides is 3. The predicted molar refractivity (Wildman–Crippen MR) is 123 cm³/mol. The Bertz CT molecular complexity index is 1170. The number of hydrogen-bond acceptors (Lipinski definition) is 3. The lowest BCUT2D eigenvalue weighted by Crippen LogP contribution is -2.43. The standard InChI is InChI=1S/C27H29F2N3O2/c28-22-16-19-7-9-27(21(19)17-23(22)29)24(33)32(25(34)30-27)13-3-12-31-14-10-26(11-15-31)8-6-18-4-1-2-5-20(18)26/h1-2,4-5,16-17H,3,6-15H2,(H,30,34). The lowest BCUT2D eigenvalue weighted by Gasteiger charge is -2.40. The van der Waals surface area contributed by atoms with Crippen molar-refractivity contribution in [1.82, 2.24) is 15.1 Å².